The third-order valence-corrected chi connectivity index (χ3v) is 4.69. The van der Waals surface area contributed by atoms with Crippen molar-refractivity contribution in [1.29, 1.82) is 0 Å². The summed E-state index contributed by atoms with van der Waals surface area (Å²) in [6.07, 6.45) is 0. The maximum Gasteiger partial charge on any atom is 0.292 e. The van der Waals surface area contributed by atoms with Gasteiger partial charge in [-0.2, -0.15) is 0 Å². The quantitative estimate of drug-likeness (QED) is 0.631. The van der Waals surface area contributed by atoms with E-state index in [-0.39, 0.29) is 18.0 Å². The van der Waals surface area contributed by atoms with Gasteiger partial charge in [-0.25, -0.2) is 4.39 Å². The van der Waals surface area contributed by atoms with E-state index in [4.69, 9.17) is 0 Å². The summed E-state index contributed by atoms with van der Waals surface area (Å²) in [7, 11) is 0. The van der Waals surface area contributed by atoms with Crippen molar-refractivity contribution >= 4 is 23.3 Å². The van der Waals surface area contributed by atoms with Crippen LogP contribution in [0.25, 0.3) is 0 Å². The highest BCUT2D eigenvalue weighted by Gasteiger charge is 2.23. The van der Waals surface area contributed by atoms with E-state index in [0.717, 1.165) is 11.8 Å². The highest BCUT2D eigenvalue weighted by molar-refractivity contribution is 6.43. The van der Waals surface area contributed by atoms with E-state index < -0.39 is 17.5 Å². The molecule has 3 rings (SSSR count). The van der Waals surface area contributed by atoms with Gasteiger partial charge >= 0.3 is 0 Å². The van der Waals surface area contributed by atoms with E-state index in [1.807, 2.05) is 25.1 Å². The fourth-order valence-electron chi connectivity index (χ4n) is 3.15. The van der Waals surface area contributed by atoms with Crippen molar-refractivity contribution in [2.75, 3.05) is 37.6 Å². The summed E-state index contributed by atoms with van der Waals surface area (Å²) in [5.74, 6) is -2.63. The molecule has 0 aromatic heterocycles. The summed E-state index contributed by atoms with van der Waals surface area (Å²) in [6, 6.07) is 13.1. The van der Waals surface area contributed by atoms with Crippen LogP contribution in [-0.2, 0) is 9.59 Å². The number of hydrogen-bond acceptors (Lipinski definition) is 4. The van der Waals surface area contributed by atoms with Crippen molar-refractivity contribution in [1.82, 2.24) is 10.2 Å². The number of rotatable bonds is 5. The normalized spacial score (nSPS) is 13.9. The number of halogens is 1. The van der Waals surface area contributed by atoms with Crippen LogP contribution in [0.5, 0.6) is 0 Å². The van der Waals surface area contributed by atoms with Crippen molar-refractivity contribution in [3.8, 4) is 0 Å². The summed E-state index contributed by atoms with van der Waals surface area (Å²) in [5, 5.41) is 2.33. The molecule has 2 aromatic carbocycles. The fraction of sp³-hybridized carbons (Fsp3) is 0.286. The Hall–Kier alpha value is -3.22. The zero-order chi connectivity index (χ0) is 20.1. The zero-order valence-corrected chi connectivity index (χ0v) is 15.7. The summed E-state index contributed by atoms with van der Waals surface area (Å²) in [4.78, 5) is 40.2. The number of carbonyl (C=O) groups is 3. The molecule has 146 valence electrons. The van der Waals surface area contributed by atoms with Crippen molar-refractivity contribution < 1.29 is 18.8 Å². The number of Topliss-reactive ketones (excluding diaryl/α,β-unsaturated/α-hetero) is 1. The van der Waals surface area contributed by atoms with Crippen LogP contribution >= 0.6 is 0 Å². The average Bonchev–Trinajstić information content (AvgIpc) is 2.71. The van der Waals surface area contributed by atoms with Gasteiger partial charge < -0.3 is 15.1 Å². The Balaban J connectivity index is 1.48. The Morgan fingerprint density at radius 1 is 1.00 bits per heavy atom. The molecule has 7 heteroatoms. The van der Waals surface area contributed by atoms with Gasteiger partial charge in [-0.15, -0.1) is 0 Å². The van der Waals surface area contributed by atoms with Gasteiger partial charge in [0.25, 0.3) is 5.91 Å². The number of carbonyl (C=O) groups excluding carboxylic acids is 3. The van der Waals surface area contributed by atoms with Gasteiger partial charge in [-0.1, -0.05) is 24.3 Å². The number of aryl methyl sites for hydroxylation is 1. The largest absolute Gasteiger partial charge is 0.368 e. The lowest BCUT2D eigenvalue weighted by Crippen LogP contribution is -2.51. The van der Waals surface area contributed by atoms with Crippen LogP contribution in [0.15, 0.2) is 48.5 Å². The Morgan fingerprint density at radius 3 is 2.39 bits per heavy atom. The van der Waals surface area contributed by atoms with Gasteiger partial charge in [-0.3, -0.25) is 14.4 Å². The van der Waals surface area contributed by atoms with Gasteiger partial charge in [-0.05, 0) is 36.8 Å². The lowest BCUT2D eigenvalue weighted by atomic mass is 10.1. The molecule has 6 nitrogen and oxygen atoms in total. The van der Waals surface area contributed by atoms with Gasteiger partial charge in [0, 0.05) is 37.4 Å². The van der Waals surface area contributed by atoms with Crippen LogP contribution in [0.1, 0.15) is 15.9 Å². The monoisotopic (exact) mass is 383 g/mol. The second-order valence-electron chi connectivity index (χ2n) is 6.73. The van der Waals surface area contributed by atoms with Crippen LogP contribution in [0.3, 0.4) is 0 Å². The Morgan fingerprint density at radius 2 is 1.71 bits per heavy atom. The third kappa shape index (κ3) is 4.73. The lowest BCUT2D eigenvalue weighted by Gasteiger charge is -2.36. The molecule has 0 spiro atoms. The zero-order valence-electron chi connectivity index (χ0n) is 15.7. The Labute approximate surface area is 162 Å². The first-order chi connectivity index (χ1) is 13.4. The van der Waals surface area contributed by atoms with E-state index >= 15 is 0 Å². The first kappa shape index (κ1) is 19.5. The maximum atomic E-state index is 13.2. The first-order valence-corrected chi connectivity index (χ1v) is 9.11. The minimum absolute atomic E-state index is 0.0447. The number of benzene rings is 2. The predicted octanol–water partition coefficient (Wildman–Crippen LogP) is 1.78. The van der Waals surface area contributed by atoms with Crippen LogP contribution in [0, 0.1) is 12.7 Å². The van der Waals surface area contributed by atoms with Crippen molar-refractivity contribution in [3.05, 3.63) is 65.5 Å². The standard InChI is InChI=1S/C21H22FN3O3/c1-15-4-2-7-18(12-15)24-8-10-25(11-9-24)19(26)14-23-21(28)20(27)16-5-3-6-17(22)13-16/h2-7,12-13H,8-11,14H2,1H3,(H,23,28). The first-order valence-electron chi connectivity index (χ1n) is 9.11. The smallest absolute Gasteiger partial charge is 0.292 e. The SMILES string of the molecule is Cc1cccc(N2CCN(C(=O)CNC(=O)C(=O)c3cccc(F)c3)CC2)c1. The Bertz CT molecular complexity index is 892. The number of nitrogens with one attached hydrogen (secondary N) is 1. The van der Waals surface area contributed by atoms with Crippen LogP contribution in [0.4, 0.5) is 10.1 Å². The maximum absolute atomic E-state index is 13.2. The molecule has 1 saturated heterocycles. The highest BCUT2D eigenvalue weighted by Crippen LogP contribution is 2.17. The van der Waals surface area contributed by atoms with Crippen molar-refractivity contribution in [3.63, 3.8) is 0 Å². The molecule has 1 heterocycles. The molecule has 1 fully saturated rings. The average molecular weight is 383 g/mol. The molecular weight excluding hydrogens is 361 g/mol. The van der Waals surface area contributed by atoms with Crippen molar-refractivity contribution in [2.24, 2.45) is 0 Å². The molecule has 2 amide bonds. The van der Waals surface area contributed by atoms with Crippen LogP contribution in [-0.4, -0.2) is 55.2 Å². The minimum Gasteiger partial charge on any atom is -0.368 e. The number of piperazine rings is 1. The van der Waals surface area contributed by atoms with Crippen LogP contribution in [0.2, 0.25) is 0 Å². The van der Waals surface area contributed by atoms with Gasteiger partial charge in [0.05, 0.1) is 6.54 Å². The van der Waals surface area contributed by atoms with Crippen LogP contribution < -0.4 is 10.2 Å². The predicted molar refractivity (Wildman–Crippen MR) is 104 cm³/mol. The topological polar surface area (TPSA) is 69.7 Å². The summed E-state index contributed by atoms with van der Waals surface area (Å²) in [6.45, 7) is 4.26. The van der Waals surface area contributed by atoms with E-state index in [2.05, 4.69) is 16.3 Å². The number of amides is 2. The second kappa shape index (κ2) is 8.65. The fourth-order valence-corrected chi connectivity index (χ4v) is 3.15. The molecule has 0 aliphatic carbocycles. The van der Waals surface area contributed by atoms with E-state index in [1.54, 1.807) is 4.90 Å². The molecule has 1 aliphatic heterocycles. The van der Waals surface area contributed by atoms with E-state index in [9.17, 15) is 18.8 Å². The molecule has 0 saturated carbocycles. The molecule has 1 N–H and O–H groups in total. The van der Waals surface area contributed by atoms with E-state index in [1.165, 1.54) is 23.8 Å². The number of hydrogen-bond donors (Lipinski definition) is 1. The third-order valence-electron chi connectivity index (χ3n) is 4.69. The second-order valence-corrected chi connectivity index (χ2v) is 6.73. The number of ketones is 1. The summed E-state index contributed by atoms with van der Waals surface area (Å²) >= 11 is 0. The molecule has 1 aliphatic rings. The molecular formula is C21H22FN3O3. The molecule has 28 heavy (non-hydrogen) atoms. The van der Waals surface area contributed by atoms with Gasteiger partial charge in [0.1, 0.15) is 5.82 Å². The van der Waals surface area contributed by atoms with Gasteiger partial charge in [0.15, 0.2) is 0 Å². The molecule has 2 aromatic rings. The van der Waals surface area contributed by atoms with Crippen molar-refractivity contribution in [2.45, 2.75) is 6.92 Å². The minimum atomic E-state index is -0.919. The summed E-state index contributed by atoms with van der Waals surface area (Å²) in [5.41, 5.74) is 2.26. The van der Waals surface area contributed by atoms with E-state index in [0.29, 0.717) is 26.2 Å². The highest BCUT2D eigenvalue weighted by atomic mass is 19.1. The molecule has 0 unspecified atom stereocenters. The summed E-state index contributed by atoms with van der Waals surface area (Å²) < 4.78 is 13.2. The Kier molecular flexibility index (Phi) is 6.03. The molecule has 0 atom stereocenters. The lowest BCUT2D eigenvalue weighted by molar-refractivity contribution is -0.132. The number of anilines is 1. The number of nitrogens with zero attached hydrogens (tertiary/aromatic N) is 2. The molecule has 0 bridgehead atoms. The molecule has 0 radical (unpaired) electrons. The van der Waals surface area contributed by atoms with Gasteiger partial charge in [0.2, 0.25) is 11.7 Å².